The predicted molar refractivity (Wildman–Crippen MR) is 125 cm³/mol. The molecule has 0 saturated carbocycles. The van der Waals surface area contributed by atoms with Gasteiger partial charge in [0.1, 0.15) is 5.82 Å². The van der Waals surface area contributed by atoms with Crippen LogP contribution in [0.25, 0.3) is 11.1 Å². The summed E-state index contributed by atoms with van der Waals surface area (Å²) in [5, 5.41) is 13.9. The van der Waals surface area contributed by atoms with Crippen LogP contribution in [0.1, 0.15) is 44.9 Å². The minimum Gasteiger partial charge on any atom is -0.478 e. The molecule has 0 saturated heterocycles. The van der Waals surface area contributed by atoms with Gasteiger partial charge in [0.25, 0.3) is 0 Å². The van der Waals surface area contributed by atoms with E-state index in [0.717, 1.165) is 11.1 Å². The van der Waals surface area contributed by atoms with Gasteiger partial charge < -0.3 is 5.11 Å². The van der Waals surface area contributed by atoms with Crippen LogP contribution in [0.2, 0.25) is 0 Å². The fourth-order valence-corrected chi connectivity index (χ4v) is 3.50. The van der Waals surface area contributed by atoms with Gasteiger partial charge in [-0.15, -0.1) is 11.0 Å². The fourth-order valence-electron chi connectivity index (χ4n) is 3.50. The van der Waals surface area contributed by atoms with E-state index in [1.807, 2.05) is 36.4 Å². The predicted octanol–water partition coefficient (Wildman–Crippen LogP) is 4.49. The first-order chi connectivity index (χ1) is 16.1. The second kappa shape index (κ2) is 9.75. The highest BCUT2D eigenvalue weighted by molar-refractivity contribution is 6.06. The lowest BCUT2D eigenvalue weighted by molar-refractivity contribution is 0.0697. The molecule has 4 rings (SSSR count). The van der Waals surface area contributed by atoms with E-state index in [2.05, 4.69) is 21.9 Å². The largest absolute Gasteiger partial charge is 0.478 e. The lowest BCUT2D eigenvalue weighted by Gasteiger charge is -2.08. The van der Waals surface area contributed by atoms with Gasteiger partial charge in [-0.2, -0.15) is 0 Å². The first-order valence-electron chi connectivity index (χ1n) is 10.4. The normalized spacial score (nSPS) is 10.3. The number of nitrogens with zero attached hydrogens (tertiary/aromatic N) is 3. The number of hydrogen-bond donors (Lipinski definition) is 1. The number of carbonyl (C=O) groups excluding carboxylic acids is 1. The van der Waals surface area contributed by atoms with E-state index in [-0.39, 0.29) is 17.2 Å². The summed E-state index contributed by atoms with van der Waals surface area (Å²) in [6.07, 6.45) is 0.385. The van der Waals surface area contributed by atoms with E-state index in [1.54, 1.807) is 54.1 Å². The van der Waals surface area contributed by atoms with Gasteiger partial charge in [-0.05, 0) is 29.7 Å². The summed E-state index contributed by atoms with van der Waals surface area (Å²) >= 11 is 0. The van der Waals surface area contributed by atoms with Crippen LogP contribution in [0.15, 0.2) is 78.9 Å². The monoisotopic (exact) mass is 435 g/mol. The zero-order valence-corrected chi connectivity index (χ0v) is 18.0. The van der Waals surface area contributed by atoms with Gasteiger partial charge in [0, 0.05) is 5.56 Å². The molecule has 0 aliphatic rings. The number of ketones is 1. The lowest BCUT2D eigenvalue weighted by Crippen LogP contribution is -2.08. The third-order valence-electron chi connectivity index (χ3n) is 5.17. The Hall–Kier alpha value is -4.50. The van der Waals surface area contributed by atoms with Crippen LogP contribution < -0.4 is 0 Å². The Morgan fingerprint density at radius 1 is 0.939 bits per heavy atom. The van der Waals surface area contributed by atoms with Crippen molar-refractivity contribution in [1.29, 1.82) is 0 Å². The maximum absolute atomic E-state index is 12.8. The second-order valence-electron chi connectivity index (χ2n) is 7.36. The zero-order chi connectivity index (χ0) is 23.2. The molecule has 0 atom stereocenters. The first kappa shape index (κ1) is 21.7. The van der Waals surface area contributed by atoms with Crippen LogP contribution in [-0.2, 0) is 13.0 Å². The lowest BCUT2D eigenvalue weighted by atomic mass is 9.99. The van der Waals surface area contributed by atoms with Crippen LogP contribution in [-0.4, -0.2) is 31.6 Å². The fraction of sp³-hybridized carbons (Fsp3) is 0.111. The van der Waals surface area contributed by atoms with Crippen LogP contribution in [0, 0.1) is 11.8 Å². The van der Waals surface area contributed by atoms with Crippen molar-refractivity contribution in [1.82, 2.24) is 14.8 Å². The summed E-state index contributed by atoms with van der Waals surface area (Å²) in [5.41, 5.74) is 3.20. The molecule has 162 valence electrons. The Morgan fingerprint density at radius 2 is 1.64 bits per heavy atom. The molecule has 4 aromatic rings. The number of benzene rings is 3. The van der Waals surface area contributed by atoms with Gasteiger partial charge in [0.15, 0.2) is 0 Å². The Labute approximate surface area is 191 Å². The standard InChI is InChI=1S/C27H21N3O3/c1-2-3-13-24-28-26(25(31)21-9-5-4-6-10-21)29-30(24)18-19-14-16-20(17-15-19)22-11-7-8-12-23(22)27(32)33/h4-12,14-17H,13,18H2,1H3,(H,32,33). The molecule has 1 aromatic heterocycles. The highest BCUT2D eigenvalue weighted by Gasteiger charge is 2.18. The number of hydrogen-bond acceptors (Lipinski definition) is 4. The quantitative estimate of drug-likeness (QED) is 0.342. The summed E-state index contributed by atoms with van der Waals surface area (Å²) in [6.45, 7) is 2.17. The molecule has 0 radical (unpaired) electrons. The van der Waals surface area contributed by atoms with Crippen molar-refractivity contribution in [3.63, 3.8) is 0 Å². The van der Waals surface area contributed by atoms with Crippen molar-refractivity contribution >= 4 is 11.8 Å². The molecule has 0 aliphatic heterocycles. The molecule has 6 heteroatoms. The van der Waals surface area contributed by atoms with Crippen molar-refractivity contribution in [2.45, 2.75) is 19.9 Å². The van der Waals surface area contributed by atoms with E-state index in [4.69, 9.17) is 0 Å². The Morgan fingerprint density at radius 3 is 2.33 bits per heavy atom. The molecular formula is C27H21N3O3. The summed E-state index contributed by atoms with van der Waals surface area (Å²) in [5.74, 6) is 5.40. The van der Waals surface area contributed by atoms with Crippen molar-refractivity contribution in [2.24, 2.45) is 0 Å². The second-order valence-corrected chi connectivity index (χ2v) is 7.36. The average Bonchev–Trinajstić information content (AvgIpc) is 3.25. The van der Waals surface area contributed by atoms with E-state index < -0.39 is 5.97 Å². The minimum atomic E-state index is -0.963. The minimum absolute atomic E-state index is 0.140. The molecule has 0 spiro atoms. The summed E-state index contributed by atoms with van der Waals surface area (Å²) < 4.78 is 1.70. The molecule has 0 unspecified atom stereocenters. The molecule has 0 aliphatic carbocycles. The number of carbonyl (C=O) groups is 2. The van der Waals surface area contributed by atoms with E-state index >= 15 is 0 Å². The van der Waals surface area contributed by atoms with Crippen LogP contribution >= 0.6 is 0 Å². The zero-order valence-electron chi connectivity index (χ0n) is 18.0. The molecule has 0 fully saturated rings. The number of carboxylic acids is 1. The summed E-state index contributed by atoms with van der Waals surface area (Å²) in [4.78, 5) is 28.8. The average molecular weight is 435 g/mol. The summed E-state index contributed by atoms with van der Waals surface area (Å²) in [6, 6.07) is 23.5. The van der Waals surface area contributed by atoms with E-state index in [0.29, 0.717) is 29.9 Å². The van der Waals surface area contributed by atoms with Crippen LogP contribution in [0.4, 0.5) is 0 Å². The Balaban J connectivity index is 1.62. The maximum atomic E-state index is 12.8. The topological polar surface area (TPSA) is 85.1 Å². The van der Waals surface area contributed by atoms with Gasteiger partial charge in [-0.1, -0.05) is 78.7 Å². The molecule has 6 nitrogen and oxygen atoms in total. The molecule has 33 heavy (non-hydrogen) atoms. The Kier molecular flexibility index (Phi) is 6.42. The maximum Gasteiger partial charge on any atom is 0.336 e. The number of rotatable bonds is 7. The number of aromatic nitrogens is 3. The molecule has 1 N–H and O–H groups in total. The third kappa shape index (κ3) is 4.89. The summed E-state index contributed by atoms with van der Waals surface area (Å²) in [7, 11) is 0. The first-order valence-corrected chi connectivity index (χ1v) is 10.4. The highest BCUT2D eigenvalue weighted by Crippen LogP contribution is 2.24. The van der Waals surface area contributed by atoms with E-state index in [9.17, 15) is 14.7 Å². The van der Waals surface area contributed by atoms with Crippen molar-refractivity contribution < 1.29 is 14.7 Å². The third-order valence-corrected chi connectivity index (χ3v) is 5.17. The van der Waals surface area contributed by atoms with Crippen LogP contribution in [0.3, 0.4) is 0 Å². The van der Waals surface area contributed by atoms with Crippen molar-refractivity contribution in [3.8, 4) is 23.0 Å². The SMILES string of the molecule is CC#CCc1nc(C(=O)c2ccccc2)nn1Cc1ccc(-c2ccccc2C(=O)O)cc1. The van der Waals surface area contributed by atoms with Gasteiger partial charge >= 0.3 is 5.97 Å². The highest BCUT2D eigenvalue weighted by atomic mass is 16.4. The Bertz CT molecular complexity index is 1360. The molecular weight excluding hydrogens is 414 g/mol. The van der Waals surface area contributed by atoms with Crippen molar-refractivity contribution in [2.75, 3.05) is 0 Å². The smallest absolute Gasteiger partial charge is 0.336 e. The molecule has 1 heterocycles. The molecule has 0 bridgehead atoms. The van der Waals surface area contributed by atoms with Gasteiger partial charge in [0.05, 0.1) is 18.5 Å². The van der Waals surface area contributed by atoms with Crippen molar-refractivity contribution in [3.05, 3.63) is 107 Å². The number of aromatic carboxylic acids is 1. The van der Waals surface area contributed by atoms with Crippen LogP contribution in [0.5, 0.6) is 0 Å². The van der Waals surface area contributed by atoms with Gasteiger partial charge in [-0.3, -0.25) is 4.79 Å². The van der Waals surface area contributed by atoms with Gasteiger partial charge in [-0.25, -0.2) is 14.5 Å². The van der Waals surface area contributed by atoms with Gasteiger partial charge in [0.2, 0.25) is 11.6 Å². The number of carboxylic acid groups (broad SMARTS) is 1. The molecule has 0 amide bonds. The van der Waals surface area contributed by atoms with E-state index in [1.165, 1.54) is 0 Å². The molecule has 3 aromatic carbocycles.